The molecule has 0 unspecified atom stereocenters. The van der Waals surface area contributed by atoms with Crippen molar-refractivity contribution in [2.45, 2.75) is 6.54 Å². The highest BCUT2D eigenvalue weighted by molar-refractivity contribution is 7.16. The van der Waals surface area contributed by atoms with E-state index in [1.807, 2.05) is 0 Å². The number of carbonyl (C=O) groups excluding carboxylic acids is 2. The Bertz CT molecular complexity index is 1020. The van der Waals surface area contributed by atoms with Crippen LogP contribution in [-0.2, 0) is 16.1 Å². The molecule has 2 aromatic heterocycles. The lowest BCUT2D eigenvalue weighted by Crippen LogP contribution is -2.22. The summed E-state index contributed by atoms with van der Waals surface area (Å²) in [5.41, 5.74) is 0.670. The number of carbonyl (C=O) groups is 2. The van der Waals surface area contributed by atoms with Gasteiger partial charge in [0, 0.05) is 12.1 Å². The molecule has 0 fully saturated rings. The predicted octanol–water partition coefficient (Wildman–Crippen LogP) is 2.23. The molecule has 0 N–H and O–H groups in total. The second kappa shape index (κ2) is 7.44. The number of benzene rings is 1. The third-order valence-corrected chi connectivity index (χ3v) is 4.67. The lowest BCUT2D eigenvalue weighted by Gasteiger charge is -2.08. The number of esters is 1. The van der Waals surface area contributed by atoms with Crippen molar-refractivity contribution in [1.82, 2.24) is 4.57 Å². The minimum absolute atomic E-state index is 0.101. The Labute approximate surface area is 152 Å². The number of aromatic nitrogens is 1. The topological polar surface area (TPSA) is 92.3 Å². The van der Waals surface area contributed by atoms with Crippen LogP contribution in [0.5, 0.6) is 11.5 Å². The van der Waals surface area contributed by atoms with Crippen LogP contribution in [0.3, 0.4) is 0 Å². The molecule has 1 amide bonds. The van der Waals surface area contributed by atoms with Gasteiger partial charge in [-0.3, -0.25) is 9.59 Å². The summed E-state index contributed by atoms with van der Waals surface area (Å²) in [7, 11) is 4.35. The van der Waals surface area contributed by atoms with E-state index in [9.17, 15) is 9.59 Å². The highest BCUT2D eigenvalue weighted by Crippen LogP contribution is 2.33. The zero-order valence-electron chi connectivity index (χ0n) is 14.3. The lowest BCUT2D eigenvalue weighted by atomic mass is 10.3. The van der Waals surface area contributed by atoms with Gasteiger partial charge in [-0.1, -0.05) is 11.3 Å². The highest BCUT2D eigenvalue weighted by atomic mass is 32.1. The summed E-state index contributed by atoms with van der Waals surface area (Å²) in [6.07, 6.45) is 1.39. The van der Waals surface area contributed by atoms with Crippen molar-refractivity contribution in [2.75, 3.05) is 21.3 Å². The van der Waals surface area contributed by atoms with Crippen LogP contribution in [0, 0.1) is 0 Å². The van der Waals surface area contributed by atoms with E-state index in [0.717, 1.165) is 4.70 Å². The molecule has 0 atom stereocenters. The van der Waals surface area contributed by atoms with Gasteiger partial charge in [0.25, 0.3) is 0 Å². The van der Waals surface area contributed by atoms with Crippen molar-refractivity contribution in [3.05, 3.63) is 41.1 Å². The van der Waals surface area contributed by atoms with Crippen molar-refractivity contribution in [3.8, 4) is 11.5 Å². The summed E-state index contributed by atoms with van der Waals surface area (Å²) >= 11 is 1.24. The van der Waals surface area contributed by atoms with E-state index in [0.29, 0.717) is 21.8 Å². The second-order valence-electron chi connectivity index (χ2n) is 5.12. The monoisotopic (exact) mass is 376 g/mol. The normalized spacial score (nSPS) is 11.6. The Kier molecular flexibility index (Phi) is 5.08. The van der Waals surface area contributed by atoms with Gasteiger partial charge in [-0.05, 0) is 12.1 Å². The molecule has 0 aliphatic rings. The van der Waals surface area contributed by atoms with Gasteiger partial charge >= 0.3 is 11.9 Å². The van der Waals surface area contributed by atoms with E-state index < -0.39 is 11.9 Å². The third kappa shape index (κ3) is 3.33. The molecule has 0 aliphatic heterocycles. The Morgan fingerprint density at radius 1 is 1.19 bits per heavy atom. The number of thiazole rings is 1. The number of fused-ring (bicyclic) bond motifs is 1. The van der Waals surface area contributed by atoms with Gasteiger partial charge < -0.3 is 23.2 Å². The van der Waals surface area contributed by atoms with Crippen molar-refractivity contribution in [2.24, 2.45) is 4.99 Å². The first-order chi connectivity index (χ1) is 12.6. The van der Waals surface area contributed by atoms with Crippen LogP contribution in [-0.4, -0.2) is 37.8 Å². The number of furan rings is 1. The van der Waals surface area contributed by atoms with Gasteiger partial charge in [-0.2, -0.15) is 4.99 Å². The second-order valence-corrected chi connectivity index (χ2v) is 6.13. The van der Waals surface area contributed by atoms with Crippen molar-refractivity contribution in [1.29, 1.82) is 0 Å². The van der Waals surface area contributed by atoms with Crippen LogP contribution in [0.4, 0.5) is 0 Å². The zero-order valence-corrected chi connectivity index (χ0v) is 15.2. The number of hydrogen-bond acceptors (Lipinski definition) is 7. The van der Waals surface area contributed by atoms with Gasteiger partial charge in [0.15, 0.2) is 22.1 Å². The Morgan fingerprint density at radius 3 is 2.54 bits per heavy atom. The van der Waals surface area contributed by atoms with Crippen LogP contribution >= 0.6 is 11.3 Å². The Morgan fingerprint density at radius 2 is 1.92 bits per heavy atom. The van der Waals surface area contributed by atoms with Gasteiger partial charge in [0.1, 0.15) is 6.54 Å². The van der Waals surface area contributed by atoms with E-state index in [1.165, 1.54) is 45.0 Å². The Balaban J connectivity index is 2.21. The van der Waals surface area contributed by atoms with Crippen molar-refractivity contribution in [3.63, 3.8) is 0 Å². The smallest absolute Gasteiger partial charge is 0.325 e. The maximum absolute atomic E-state index is 12.3. The maximum Gasteiger partial charge on any atom is 0.325 e. The summed E-state index contributed by atoms with van der Waals surface area (Å²) in [6.45, 7) is -0.101. The SMILES string of the molecule is COC(=O)Cn1c(=NC(=O)c2ccco2)sc2cc(OC)c(OC)cc21. The quantitative estimate of drug-likeness (QED) is 0.634. The number of nitrogens with zero attached hydrogens (tertiary/aromatic N) is 2. The molecule has 8 nitrogen and oxygen atoms in total. The molecule has 3 aromatic rings. The van der Waals surface area contributed by atoms with Crippen LogP contribution in [0.15, 0.2) is 39.9 Å². The first-order valence-corrected chi connectivity index (χ1v) is 8.33. The average Bonchev–Trinajstić information content (AvgIpc) is 3.29. The summed E-state index contributed by atoms with van der Waals surface area (Å²) < 4.78 is 22.8. The fourth-order valence-corrected chi connectivity index (χ4v) is 3.41. The van der Waals surface area contributed by atoms with E-state index in [2.05, 4.69) is 4.99 Å². The van der Waals surface area contributed by atoms with Gasteiger partial charge in [-0.15, -0.1) is 0 Å². The molecule has 26 heavy (non-hydrogen) atoms. The highest BCUT2D eigenvalue weighted by Gasteiger charge is 2.16. The molecule has 0 aliphatic carbocycles. The standard InChI is InChI=1S/C17H16N2O6S/c1-22-12-7-10-14(8-13(12)23-2)26-17(19(10)9-15(20)24-3)18-16(21)11-5-4-6-25-11/h4-8H,9H2,1-3H3. The number of ether oxygens (including phenoxy) is 3. The van der Waals surface area contributed by atoms with Crippen LogP contribution in [0.25, 0.3) is 10.2 Å². The summed E-state index contributed by atoms with van der Waals surface area (Å²) in [5, 5.41) is 0. The number of methoxy groups -OCH3 is 3. The molecular formula is C17H16N2O6S. The van der Waals surface area contributed by atoms with Gasteiger partial charge in [-0.25, -0.2) is 0 Å². The molecule has 3 rings (SSSR count). The molecule has 0 saturated carbocycles. The number of rotatable bonds is 5. The summed E-state index contributed by atoms with van der Waals surface area (Å²) in [6, 6.07) is 6.62. The van der Waals surface area contributed by atoms with E-state index >= 15 is 0 Å². The number of amides is 1. The van der Waals surface area contributed by atoms with Crippen LogP contribution in [0.1, 0.15) is 10.6 Å². The molecule has 0 radical (unpaired) electrons. The average molecular weight is 376 g/mol. The summed E-state index contributed by atoms with van der Waals surface area (Å²) in [4.78, 5) is 28.5. The van der Waals surface area contributed by atoms with Gasteiger partial charge in [0.2, 0.25) is 0 Å². The maximum atomic E-state index is 12.3. The van der Waals surface area contributed by atoms with E-state index in [4.69, 9.17) is 18.6 Å². The molecule has 136 valence electrons. The minimum Gasteiger partial charge on any atom is -0.493 e. The molecule has 0 spiro atoms. The Hall–Kier alpha value is -3.07. The van der Waals surface area contributed by atoms with E-state index in [1.54, 1.807) is 22.8 Å². The minimum atomic E-state index is -0.542. The largest absolute Gasteiger partial charge is 0.493 e. The molecular weight excluding hydrogens is 360 g/mol. The molecule has 1 aromatic carbocycles. The first kappa shape index (κ1) is 17.7. The van der Waals surface area contributed by atoms with Crippen molar-refractivity contribution < 1.29 is 28.2 Å². The lowest BCUT2D eigenvalue weighted by molar-refractivity contribution is -0.141. The van der Waals surface area contributed by atoms with E-state index in [-0.39, 0.29) is 12.3 Å². The first-order valence-electron chi connectivity index (χ1n) is 7.52. The zero-order chi connectivity index (χ0) is 18.7. The summed E-state index contributed by atoms with van der Waals surface area (Å²) in [5.74, 6) is 0.142. The third-order valence-electron chi connectivity index (χ3n) is 3.63. The van der Waals surface area contributed by atoms with Crippen LogP contribution < -0.4 is 14.3 Å². The molecule has 9 heteroatoms. The number of hydrogen-bond donors (Lipinski definition) is 0. The fourth-order valence-electron chi connectivity index (χ4n) is 2.37. The van der Waals surface area contributed by atoms with Crippen LogP contribution in [0.2, 0.25) is 0 Å². The van der Waals surface area contributed by atoms with Crippen molar-refractivity contribution >= 4 is 33.4 Å². The molecule has 0 saturated heterocycles. The molecule has 0 bridgehead atoms. The predicted molar refractivity (Wildman–Crippen MR) is 93.5 cm³/mol. The van der Waals surface area contributed by atoms with Gasteiger partial charge in [0.05, 0.1) is 37.8 Å². The fraction of sp³-hybridized carbons (Fsp3) is 0.235. The molecule has 2 heterocycles.